The topological polar surface area (TPSA) is 107 Å². The zero-order valence-corrected chi connectivity index (χ0v) is 14.7. The molecule has 7 nitrogen and oxygen atoms in total. The Labute approximate surface area is 141 Å². The Morgan fingerprint density at radius 2 is 1.79 bits per heavy atom. The SMILES string of the molecule is CC(C)(C)N1C(=O)C(NCC(O)CO)=C(c2ccccc2)S1(=O)=O. The molecule has 1 heterocycles. The minimum absolute atomic E-state index is 0.0939. The molecule has 3 N–H and O–H groups in total. The van der Waals surface area contributed by atoms with Crippen LogP contribution in [0.3, 0.4) is 0 Å². The van der Waals surface area contributed by atoms with Gasteiger partial charge in [0.1, 0.15) is 10.6 Å². The second-order valence-corrected chi connectivity index (χ2v) is 8.26. The van der Waals surface area contributed by atoms with Crippen molar-refractivity contribution in [3.8, 4) is 0 Å². The lowest BCUT2D eigenvalue weighted by Gasteiger charge is -2.30. The zero-order valence-electron chi connectivity index (χ0n) is 13.9. The van der Waals surface area contributed by atoms with E-state index >= 15 is 0 Å². The van der Waals surface area contributed by atoms with Crippen molar-refractivity contribution in [2.24, 2.45) is 0 Å². The van der Waals surface area contributed by atoms with Crippen molar-refractivity contribution in [3.05, 3.63) is 41.6 Å². The summed E-state index contributed by atoms with van der Waals surface area (Å²) < 4.78 is 26.8. The maximum atomic E-state index is 13.0. The highest BCUT2D eigenvalue weighted by molar-refractivity contribution is 7.99. The molecule has 1 atom stereocenters. The molecule has 1 aromatic rings. The summed E-state index contributed by atoms with van der Waals surface area (Å²) in [7, 11) is -4.03. The van der Waals surface area contributed by atoms with Crippen LogP contribution in [0.2, 0.25) is 0 Å². The minimum Gasteiger partial charge on any atom is -0.394 e. The van der Waals surface area contributed by atoms with E-state index in [0.717, 1.165) is 4.31 Å². The summed E-state index contributed by atoms with van der Waals surface area (Å²) in [6, 6.07) is 8.33. The van der Waals surface area contributed by atoms with Gasteiger partial charge in [-0.3, -0.25) is 4.79 Å². The Hall–Kier alpha value is -1.90. The van der Waals surface area contributed by atoms with Gasteiger partial charge in [-0.2, -0.15) is 0 Å². The van der Waals surface area contributed by atoms with Gasteiger partial charge < -0.3 is 15.5 Å². The average Bonchev–Trinajstić information content (AvgIpc) is 2.70. The van der Waals surface area contributed by atoms with E-state index in [-0.39, 0.29) is 17.1 Å². The lowest BCUT2D eigenvalue weighted by atomic mass is 10.1. The first-order valence-electron chi connectivity index (χ1n) is 7.53. The number of sulfonamides is 1. The quantitative estimate of drug-likeness (QED) is 0.701. The highest BCUT2D eigenvalue weighted by Crippen LogP contribution is 2.38. The monoisotopic (exact) mass is 354 g/mol. The molecule has 2 rings (SSSR count). The fourth-order valence-corrected chi connectivity index (χ4v) is 4.58. The van der Waals surface area contributed by atoms with E-state index in [9.17, 15) is 18.3 Å². The number of carbonyl (C=O) groups is 1. The van der Waals surface area contributed by atoms with Crippen LogP contribution in [0.25, 0.3) is 4.91 Å². The third-order valence-corrected chi connectivity index (χ3v) is 5.64. The number of aliphatic hydroxyl groups is 2. The molecular weight excluding hydrogens is 332 g/mol. The van der Waals surface area contributed by atoms with Gasteiger partial charge in [0.05, 0.1) is 18.2 Å². The lowest BCUT2D eigenvalue weighted by molar-refractivity contribution is -0.125. The molecule has 0 fully saturated rings. The summed E-state index contributed by atoms with van der Waals surface area (Å²) in [5.41, 5.74) is -0.642. The summed E-state index contributed by atoms with van der Waals surface area (Å²) >= 11 is 0. The molecule has 0 bridgehead atoms. The first kappa shape index (κ1) is 18.4. The Bertz CT molecular complexity index is 750. The molecule has 0 radical (unpaired) electrons. The van der Waals surface area contributed by atoms with Crippen molar-refractivity contribution in [2.75, 3.05) is 13.2 Å². The predicted octanol–water partition coefficient (Wildman–Crippen LogP) is 0.269. The van der Waals surface area contributed by atoms with Gasteiger partial charge in [0.15, 0.2) is 0 Å². The van der Waals surface area contributed by atoms with E-state index in [2.05, 4.69) is 5.32 Å². The van der Waals surface area contributed by atoms with Gasteiger partial charge in [-0.1, -0.05) is 30.3 Å². The first-order chi connectivity index (χ1) is 11.1. The number of hydrogen-bond acceptors (Lipinski definition) is 6. The van der Waals surface area contributed by atoms with Crippen LogP contribution in [0.15, 0.2) is 36.0 Å². The van der Waals surface area contributed by atoms with Gasteiger partial charge >= 0.3 is 0 Å². The molecule has 1 aromatic carbocycles. The van der Waals surface area contributed by atoms with Crippen LogP contribution in [0.5, 0.6) is 0 Å². The van der Waals surface area contributed by atoms with E-state index < -0.39 is 34.2 Å². The van der Waals surface area contributed by atoms with E-state index in [1.54, 1.807) is 51.1 Å². The molecule has 0 saturated carbocycles. The summed E-state index contributed by atoms with van der Waals surface area (Å²) in [5.74, 6) is -0.675. The Balaban J connectivity index is 2.58. The maximum absolute atomic E-state index is 13.0. The number of nitrogens with zero attached hydrogens (tertiary/aromatic N) is 1. The van der Waals surface area contributed by atoms with E-state index in [0.29, 0.717) is 5.56 Å². The fourth-order valence-electron chi connectivity index (χ4n) is 2.52. The summed E-state index contributed by atoms with van der Waals surface area (Å²) in [5, 5.41) is 21.1. The number of amides is 1. The standard InChI is InChI=1S/C16H22N2O5S/c1-16(2,3)18-15(21)13(17-9-12(20)10-19)14(24(18,22)23)11-7-5-4-6-8-11/h4-8,12,17,19-20H,9-10H2,1-3H3. The molecule has 1 amide bonds. The van der Waals surface area contributed by atoms with Crippen molar-refractivity contribution in [2.45, 2.75) is 32.4 Å². The van der Waals surface area contributed by atoms with Crippen LogP contribution >= 0.6 is 0 Å². The first-order valence-corrected chi connectivity index (χ1v) is 8.97. The van der Waals surface area contributed by atoms with E-state index in [1.807, 2.05) is 0 Å². The predicted molar refractivity (Wildman–Crippen MR) is 90.0 cm³/mol. The average molecular weight is 354 g/mol. The van der Waals surface area contributed by atoms with Gasteiger partial charge in [0, 0.05) is 6.54 Å². The molecule has 132 valence electrons. The van der Waals surface area contributed by atoms with Crippen LogP contribution in [0.4, 0.5) is 0 Å². The van der Waals surface area contributed by atoms with Gasteiger partial charge in [0.25, 0.3) is 15.9 Å². The number of carbonyl (C=O) groups excluding carboxylic acids is 1. The minimum atomic E-state index is -4.03. The molecular formula is C16H22N2O5S. The largest absolute Gasteiger partial charge is 0.394 e. The van der Waals surface area contributed by atoms with Gasteiger partial charge in [0.2, 0.25) is 0 Å². The maximum Gasteiger partial charge on any atom is 0.285 e. The summed E-state index contributed by atoms with van der Waals surface area (Å²) in [4.78, 5) is 12.6. The van der Waals surface area contributed by atoms with Crippen molar-refractivity contribution < 1.29 is 23.4 Å². The summed E-state index contributed by atoms with van der Waals surface area (Å²) in [6.07, 6.45) is -1.10. The van der Waals surface area contributed by atoms with Crippen molar-refractivity contribution in [1.29, 1.82) is 0 Å². The van der Waals surface area contributed by atoms with Gasteiger partial charge in [-0.25, -0.2) is 12.7 Å². The number of benzene rings is 1. The van der Waals surface area contributed by atoms with Crippen LogP contribution in [0.1, 0.15) is 26.3 Å². The number of nitrogens with one attached hydrogen (secondary N) is 1. The van der Waals surface area contributed by atoms with Crippen molar-refractivity contribution >= 4 is 20.8 Å². The van der Waals surface area contributed by atoms with Crippen LogP contribution < -0.4 is 5.32 Å². The van der Waals surface area contributed by atoms with Crippen molar-refractivity contribution in [3.63, 3.8) is 0 Å². The van der Waals surface area contributed by atoms with Crippen LogP contribution in [0, 0.1) is 0 Å². The zero-order chi connectivity index (χ0) is 18.1. The molecule has 24 heavy (non-hydrogen) atoms. The second-order valence-electron chi connectivity index (χ2n) is 6.53. The number of aliphatic hydroxyl groups excluding tert-OH is 2. The fraction of sp³-hybridized carbons (Fsp3) is 0.438. The molecule has 0 saturated heterocycles. The highest BCUT2D eigenvalue weighted by Gasteiger charge is 2.49. The Morgan fingerprint density at radius 1 is 1.21 bits per heavy atom. The Kier molecular flexibility index (Phi) is 5.03. The molecule has 1 aliphatic heterocycles. The Morgan fingerprint density at radius 3 is 2.29 bits per heavy atom. The number of hydrogen-bond donors (Lipinski definition) is 3. The molecule has 1 unspecified atom stereocenters. The van der Waals surface area contributed by atoms with Crippen LogP contribution in [-0.2, 0) is 14.8 Å². The highest BCUT2D eigenvalue weighted by atomic mass is 32.2. The molecule has 0 spiro atoms. The van der Waals surface area contributed by atoms with Crippen LogP contribution in [-0.4, -0.2) is 53.6 Å². The lowest BCUT2D eigenvalue weighted by Crippen LogP contribution is -2.47. The molecule has 1 aliphatic rings. The third kappa shape index (κ3) is 3.31. The van der Waals surface area contributed by atoms with Crippen molar-refractivity contribution in [1.82, 2.24) is 9.62 Å². The molecule has 0 aliphatic carbocycles. The van der Waals surface area contributed by atoms with E-state index in [1.165, 1.54) is 0 Å². The smallest absolute Gasteiger partial charge is 0.285 e. The van der Waals surface area contributed by atoms with E-state index in [4.69, 9.17) is 5.11 Å². The molecule has 8 heteroatoms. The normalized spacial score (nSPS) is 18.9. The van der Waals surface area contributed by atoms with Gasteiger partial charge in [-0.05, 0) is 26.3 Å². The summed E-state index contributed by atoms with van der Waals surface area (Å²) in [6.45, 7) is 4.27. The molecule has 0 aromatic heterocycles. The third-order valence-electron chi connectivity index (χ3n) is 3.49. The number of rotatable bonds is 5. The second kappa shape index (κ2) is 6.54. The van der Waals surface area contributed by atoms with Gasteiger partial charge in [-0.15, -0.1) is 0 Å².